The maximum atomic E-state index is 12.1. The van der Waals surface area contributed by atoms with Gasteiger partial charge in [0.2, 0.25) is 15.9 Å². The lowest BCUT2D eigenvalue weighted by atomic mass is 10.3. The summed E-state index contributed by atoms with van der Waals surface area (Å²) in [4.78, 5) is 14.3. The molecule has 9 heteroatoms. The van der Waals surface area contributed by atoms with Crippen molar-refractivity contribution >= 4 is 21.6 Å². The second-order valence-electron chi connectivity index (χ2n) is 6.14. The normalized spacial score (nSPS) is 15.8. The third kappa shape index (κ3) is 6.91. The van der Waals surface area contributed by atoms with Crippen molar-refractivity contribution < 1.29 is 22.7 Å². The minimum absolute atomic E-state index is 0.0994. The third-order valence-electron chi connectivity index (χ3n) is 4.20. The second kappa shape index (κ2) is 9.86. The van der Waals surface area contributed by atoms with E-state index in [-0.39, 0.29) is 18.9 Å². The number of amides is 1. The summed E-state index contributed by atoms with van der Waals surface area (Å²) in [6.45, 7) is 4.10. The maximum absolute atomic E-state index is 12.1. The molecule has 1 N–H and O–H groups in total. The predicted molar refractivity (Wildman–Crippen MR) is 99.9 cm³/mol. The summed E-state index contributed by atoms with van der Waals surface area (Å²) in [6.07, 6.45) is 1.27. The SMILES string of the molecule is COc1ccc(NC(=O)CCN(CCN2CCOCC2)S(C)(=O)=O)cc1. The Bertz CT molecular complexity index is 672. The fourth-order valence-electron chi connectivity index (χ4n) is 2.65. The van der Waals surface area contributed by atoms with E-state index >= 15 is 0 Å². The van der Waals surface area contributed by atoms with Gasteiger partial charge >= 0.3 is 0 Å². The van der Waals surface area contributed by atoms with E-state index in [0.29, 0.717) is 37.7 Å². The Hall–Kier alpha value is -1.68. The van der Waals surface area contributed by atoms with E-state index in [2.05, 4.69) is 10.2 Å². The highest BCUT2D eigenvalue weighted by atomic mass is 32.2. The Morgan fingerprint density at radius 1 is 1.23 bits per heavy atom. The van der Waals surface area contributed by atoms with Crippen LogP contribution in [-0.4, -0.2) is 82.8 Å². The molecule has 1 aliphatic heterocycles. The van der Waals surface area contributed by atoms with Gasteiger partial charge in [-0.25, -0.2) is 12.7 Å². The molecule has 0 radical (unpaired) electrons. The quantitative estimate of drug-likeness (QED) is 0.670. The van der Waals surface area contributed by atoms with Crippen LogP contribution < -0.4 is 10.1 Å². The van der Waals surface area contributed by atoms with E-state index in [1.807, 2.05) is 0 Å². The van der Waals surface area contributed by atoms with Crippen molar-refractivity contribution in [3.63, 3.8) is 0 Å². The van der Waals surface area contributed by atoms with E-state index in [1.54, 1.807) is 31.4 Å². The molecule has 0 unspecified atom stereocenters. The number of rotatable bonds is 9. The first-order valence-corrected chi connectivity index (χ1v) is 10.4. The summed E-state index contributed by atoms with van der Waals surface area (Å²) in [6, 6.07) is 6.98. The molecule has 2 rings (SSSR count). The zero-order valence-electron chi connectivity index (χ0n) is 15.3. The van der Waals surface area contributed by atoms with Crippen molar-refractivity contribution in [2.24, 2.45) is 0 Å². The van der Waals surface area contributed by atoms with Gasteiger partial charge in [0.25, 0.3) is 0 Å². The first-order chi connectivity index (χ1) is 12.4. The fourth-order valence-corrected chi connectivity index (χ4v) is 3.48. The van der Waals surface area contributed by atoms with E-state index in [1.165, 1.54) is 10.6 Å². The Balaban J connectivity index is 1.82. The van der Waals surface area contributed by atoms with Crippen molar-refractivity contribution in [2.75, 3.05) is 64.6 Å². The van der Waals surface area contributed by atoms with Gasteiger partial charge in [-0.2, -0.15) is 0 Å². The average molecular weight is 385 g/mol. The topological polar surface area (TPSA) is 88.2 Å². The van der Waals surface area contributed by atoms with Gasteiger partial charge in [0, 0.05) is 44.8 Å². The first-order valence-electron chi connectivity index (χ1n) is 8.57. The van der Waals surface area contributed by atoms with E-state index in [4.69, 9.17) is 9.47 Å². The molecule has 26 heavy (non-hydrogen) atoms. The number of methoxy groups -OCH3 is 1. The predicted octanol–water partition coefficient (Wildman–Crippen LogP) is 0.618. The Kier molecular flexibility index (Phi) is 7.83. The van der Waals surface area contributed by atoms with Crippen molar-refractivity contribution in [3.05, 3.63) is 24.3 Å². The molecule has 146 valence electrons. The van der Waals surface area contributed by atoms with Crippen LogP contribution in [0.4, 0.5) is 5.69 Å². The van der Waals surface area contributed by atoms with Gasteiger partial charge in [0.1, 0.15) is 5.75 Å². The smallest absolute Gasteiger partial charge is 0.225 e. The van der Waals surface area contributed by atoms with Gasteiger partial charge in [-0.3, -0.25) is 9.69 Å². The Labute approximate surface area is 155 Å². The lowest BCUT2D eigenvalue weighted by molar-refractivity contribution is -0.116. The van der Waals surface area contributed by atoms with E-state index in [0.717, 1.165) is 13.1 Å². The number of sulfonamides is 1. The van der Waals surface area contributed by atoms with Crippen LogP contribution in [0.1, 0.15) is 6.42 Å². The molecule has 8 nitrogen and oxygen atoms in total. The van der Waals surface area contributed by atoms with Crippen molar-refractivity contribution in [1.29, 1.82) is 0 Å². The summed E-state index contributed by atoms with van der Waals surface area (Å²) < 4.78 is 35.7. The minimum atomic E-state index is -3.36. The molecule has 0 aliphatic carbocycles. The summed E-state index contributed by atoms with van der Waals surface area (Å²) in [5, 5.41) is 2.76. The lowest BCUT2D eigenvalue weighted by Crippen LogP contribution is -2.43. The number of nitrogens with zero attached hydrogens (tertiary/aromatic N) is 2. The molecular weight excluding hydrogens is 358 g/mol. The number of carbonyl (C=O) groups excluding carboxylic acids is 1. The van der Waals surface area contributed by atoms with Gasteiger partial charge in [-0.1, -0.05) is 0 Å². The first kappa shape index (κ1) is 20.6. The van der Waals surface area contributed by atoms with Gasteiger partial charge < -0.3 is 14.8 Å². The van der Waals surface area contributed by atoms with Crippen molar-refractivity contribution in [2.45, 2.75) is 6.42 Å². The van der Waals surface area contributed by atoms with Gasteiger partial charge in [0.05, 0.1) is 26.6 Å². The second-order valence-corrected chi connectivity index (χ2v) is 8.13. The van der Waals surface area contributed by atoms with E-state index < -0.39 is 10.0 Å². The third-order valence-corrected chi connectivity index (χ3v) is 5.50. The molecule has 0 aromatic heterocycles. The molecule has 1 aliphatic rings. The van der Waals surface area contributed by atoms with Crippen LogP contribution in [0, 0.1) is 0 Å². The van der Waals surface area contributed by atoms with Crippen LogP contribution in [0.3, 0.4) is 0 Å². The maximum Gasteiger partial charge on any atom is 0.225 e. The molecule has 1 heterocycles. The number of anilines is 1. The molecule has 1 amide bonds. The van der Waals surface area contributed by atoms with Crippen molar-refractivity contribution in [3.8, 4) is 5.75 Å². The summed E-state index contributed by atoms with van der Waals surface area (Å²) >= 11 is 0. The Morgan fingerprint density at radius 2 is 1.88 bits per heavy atom. The van der Waals surface area contributed by atoms with Crippen LogP contribution >= 0.6 is 0 Å². The van der Waals surface area contributed by atoms with Crippen LogP contribution in [0.5, 0.6) is 5.75 Å². The highest BCUT2D eigenvalue weighted by molar-refractivity contribution is 7.88. The highest BCUT2D eigenvalue weighted by Crippen LogP contribution is 2.15. The largest absolute Gasteiger partial charge is 0.497 e. The number of morpholine rings is 1. The Morgan fingerprint density at radius 3 is 2.46 bits per heavy atom. The molecular formula is C17H27N3O5S. The van der Waals surface area contributed by atoms with Gasteiger partial charge in [-0.05, 0) is 24.3 Å². The van der Waals surface area contributed by atoms with Crippen LogP contribution in [0.25, 0.3) is 0 Å². The van der Waals surface area contributed by atoms with Crippen LogP contribution in [-0.2, 0) is 19.6 Å². The van der Waals surface area contributed by atoms with Crippen LogP contribution in [0.15, 0.2) is 24.3 Å². The van der Waals surface area contributed by atoms with E-state index in [9.17, 15) is 13.2 Å². The molecule has 1 fully saturated rings. The van der Waals surface area contributed by atoms with Crippen molar-refractivity contribution in [1.82, 2.24) is 9.21 Å². The molecule has 1 aromatic rings. The number of nitrogens with one attached hydrogen (secondary N) is 1. The standard InChI is InChI=1S/C17H27N3O5S/c1-24-16-5-3-15(4-6-16)18-17(21)7-8-20(26(2,22)23)10-9-19-11-13-25-14-12-19/h3-6H,7-14H2,1-2H3,(H,18,21). The summed E-state index contributed by atoms with van der Waals surface area (Å²) in [5.74, 6) is 0.476. The molecule has 0 atom stereocenters. The highest BCUT2D eigenvalue weighted by Gasteiger charge is 2.20. The lowest BCUT2D eigenvalue weighted by Gasteiger charge is -2.29. The molecule has 1 aromatic carbocycles. The van der Waals surface area contributed by atoms with Gasteiger partial charge in [0.15, 0.2) is 0 Å². The molecule has 1 saturated heterocycles. The number of hydrogen-bond donors (Lipinski definition) is 1. The molecule has 0 bridgehead atoms. The molecule has 0 spiro atoms. The monoisotopic (exact) mass is 385 g/mol. The average Bonchev–Trinajstić information content (AvgIpc) is 2.62. The molecule has 0 saturated carbocycles. The zero-order valence-corrected chi connectivity index (χ0v) is 16.1. The zero-order chi connectivity index (χ0) is 19.0. The number of carbonyl (C=O) groups is 1. The minimum Gasteiger partial charge on any atom is -0.497 e. The summed E-state index contributed by atoms with van der Waals surface area (Å²) in [7, 11) is -1.79. The summed E-state index contributed by atoms with van der Waals surface area (Å²) in [5.41, 5.74) is 0.648. The van der Waals surface area contributed by atoms with Gasteiger partial charge in [-0.15, -0.1) is 0 Å². The number of ether oxygens (including phenoxy) is 2. The number of hydrogen-bond acceptors (Lipinski definition) is 6. The van der Waals surface area contributed by atoms with Crippen LogP contribution in [0.2, 0.25) is 0 Å². The fraction of sp³-hybridized carbons (Fsp3) is 0.588. The number of benzene rings is 1.